The number of aryl methyl sites for hydroxylation is 2. The summed E-state index contributed by atoms with van der Waals surface area (Å²) < 4.78 is 0. The number of anilines is 2. The molecule has 0 spiro atoms. The molecule has 8 heteroatoms. The monoisotopic (exact) mass is 500 g/mol. The smallest absolute Gasteiger partial charge is 0.233 e. The van der Waals surface area contributed by atoms with E-state index < -0.39 is 0 Å². The Kier molecular flexibility index (Phi) is 9.00. The van der Waals surface area contributed by atoms with Crippen LogP contribution >= 0.6 is 0 Å². The summed E-state index contributed by atoms with van der Waals surface area (Å²) in [6.45, 7) is 8.65. The van der Waals surface area contributed by atoms with Crippen LogP contribution in [0.5, 0.6) is 0 Å². The van der Waals surface area contributed by atoms with E-state index in [1.54, 1.807) is 32.0 Å². The average molecular weight is 501 g/mol. The topological polar surface area (TPSA) is 101 Å². The molecule has 2 aromatic carbocycles. The standard InChI is InChI=1S/C29H32N4O4/c1-6-28(36)32(18-34)25-10-8-9-23(15-25)17-27-20(4)30-26(19(3)31-27)16-22-11-13-24(14-12-22)33(21(5)35)29(37)7-2/h8-15,18H,6-7,16-17H2,1-5H3. The first-order valence-electron chi connectivity index (χ1n) is 12.3. The molecule has 37 heavy (non-hydrogen) atoms. The maximum Gasteiger partial charge on any atom is 0.233 e. The summed E-state index contributed by atoms with van der Waals surface area (Å²) in [5, 5.41) is 0. The molecule has 3 aromatic rings. The van der Waals surface area contributed by atoms with E-state index in [0.717, 1.165) is 38.8 Å². The third kappa shape index (κ3) is 6.52. The van der Waals surface area contributed by atoms with E-state index in [1.165, 1.54) is 11.8 Å². The van der Waals surface area contributed by atoms with Crippen LogP contribution in [0.15, 0.2) is 48.5 Å². The van der Waals surface area contributed by atoms with Crippen molar-refractivity contribution in [2.24, 2.45) is 0 Å². The van der Waals surface area contributed by atoms with Crippen LogP contribution < -0.4 is 9.80 Å². The molecule has 8 nitrogen and oxygen atoms in total. The maximum absolute atomic E-state index is 12.1. The largest absolute Gasteiger partial charge is 0.278 e. The summed E-state index contributed by atoms with van der Waals surface area (Å²) in [5.41, 5.74) is 6.27. The van der Waals surface area contributed by atoms with Gasteiger partial charge in [0.2, 0.25) is 24.1 Å². The van der Waals surface area contributed by atoms with E-state index in [0.29, 0.717) is 30.6 Å². The molecule has 0 radical (unpaired) electrons. The molecule has 0 saturated heterocycles. The van der Waals surface area contributed by atoms with Gasteiger partial charge >= 0.3 is 0 Å². The van der Waals surface area contributed by atoms with Gasteiger partial charge in [-0.2, -0.15) is 0 Å². The van der Waals surface area contributed by atoms with Gasteiger partial charge in [0.1, 0.15) is 0 Å². The lowest BCUT2D eigenvalue weighted by Gasteiger charge is -2.19. The van der Waals surface area contributed by atoms with E-state index in [2.05, 4.69) is 0 Å². The zero-order chi connectivity index (χ0) is 27.1. The Bertz CT molecular complexity index is 1320. The number of carbonyl (C=O) groups excluding carboxylic acids is 4. The minimum atomic E-state index is -0.311. The molecule has 3 rings (SSSR count). The van der Waals surface area contributed by atoms with Crippen molar-refractivity contribution in [1.82, 2.24) is 9.97 Å². The Balaban J connectivity index is 1.79. The van der Waals surface area contributed by atoms with Gasteiger partial charge in [0.15, 0.2) is 0 Å². The average Bonchev–Trinajstić information content (AvgIpc) is 2.88. The highest BCUT2D eigenvalue weighted by atomic mass is 16.2. The zero-order valence-electron chi connectivity index (χ0n) is 21.9. The quantitative estimate of drug-likeness (QED) is 0.402. The van der Waals surface area contributed by atoms with Crippen LogP contribution in [0, 0.1) is 13.8 Å². The first kappa shape index (κ1) is 27.4. The number of amides is 4. The number of rotatable bonds is 9. The molecule has 4 amide bonds. The van der Waals surface area contributed by atoms with Crippen molar-refractivity contribution in [1.29, 1.82) is 0 Å². The van der Waals surface area contributed by atoms with E-state index in [9.17, 15) is 19.2 Å². The highest BCUT2D eigenvalue weighted by molar-refractivity contribution is 6.13. The third-order valence-electron chi connectivity index (χ3n) is 6.11. The fraction of sp³-hybridized carbons (Fsp3) is 0.310. The van der Waals surface area contributed by atoms with Gasteiger partial charge in [0.05, 0.1) is 34.2 Å². The van der Waals surface area contributed by atoms with Crippen molar-refractivity contribution in [3.8, 4) is 0 Å². The van der Waals surface area contributed by atoms with E-state index in [1.807, 2.05) is 44.2 Å². The number of nitrogens with zero attached hydrogens (tertiary/aromatic N) is 4. The third-order valence-corrected chi connectivity index (χ3v) is 6.11. The molecule has 0 aliphatic rings. The number of benzene rings is 2. The lowest BCUT2D eigenvalue weighted by atomic mass is 10.0. The van der Waals surface area contributed by atoms with Gasteiger partial charge in [-0.3, -0.25) is 38.9 Å². The van der Waals surface area contributed by atoms with Crippen LogP contribution in [0.25, 0.3) is 0 Å². The predicted molar refractivity (Wildman–Crippen MR) is 142 cm³/mol. The van der Waals surface area contributed by atoms with Crippen LogP contribution in [0.2, 0.25) is 0 Å². The molecular formula is C29H32N4O4. The lowest BCUT2D eigenvalue weighted by Crippen LogP contribution is -2.34. The fourth-order valence-electron chi connectivity index (χ4n) is 4.09. The van der Waals surface area contributed by atoms with Gasteiger partial charge < -0.3 is 0 Å². The van der Waals surface area contributed by atoms with E-state index >= 15 is 0 Å². The van der Waals surface area contributed by atoms with Gasteiger partial charge in [0.25, 0.3) is 0 Å². The summed E-state index contributed by atoms with van der Waals surface area (Å²) in [4.78, 5) is 59.5. The number of imide groups is 2. The van der Waals surface area contributed by atoms with Crippen molar-refractivity contribution >= 4 is 35.5 Å². The van der Waals surface area contributed by atoms with Gasteiger partial charge in [-0.25, -0.2) is 0 Å². The van der Waals surface area contributed by atoms with Crippen molar-refractivity contribution in [3.63, 3.8) is 0 Å². The Labute approximate surface area is 217 Å². The number of aromatic nitrogens is 2. The molecule has 0 unspecified atom stereocenters. The van der Waals surface area contributed by atoms with Gasteiger partial charge in [-0.15, -0.1) is 0 Å². The summed E-state index contributed by atoms with van der Waals surface area (Å²) in [5.74, 6) is -0.814. The molecule has 0 bridgehead atoms. The molecular weight excluding hydrogens is 468 g/mol. The van der Waals surface area contributed by atoms with Crippen LogP contribution in [0.4, 0.5) is 11.4 Å². The van der Waals surface area contributed by atoms with E-state index in [-0.39, 0.29) is 30.6 Å². The van der Waals surface area contributed by atoms with Crippen LogP contribution in [-0.2, 0) is 32.0 Å². The first-order chi connectivity index (χ1) is 17.7. The van der Waals surface area contributed by atoms with Gasteiger partial charge in [-0.1, -0.05) is 38.1 Å². The summed E-state index contributed by atoms with van der Waals surface area (Å²) in [7, 11) is 0. The molecule has 192 valence electrons. The molecule has 1 aromatic heterocycles. The second-order valence-corrected chi connectivity index (χ2v) is 8.80. The van der Waals surface area contributed by atoms with Crippen molar-refractivity contribution in [2.45, 2.75) is 60.3 Å². The molecule has 0 aliphatic heterocycles. The highest BCUT2D eigenvalue weighted by Gasteiger charge is 2.19. The van der Waals surface area contributed by atoms with Gasteiger partial charge in [-0.05, 0) is 49.2 Å². The summed E-state index contributed by atoms with van der Waals surface area (Å²) >= 11 is 0. The Morgan fingerprint density at radius 1 is 0.784 bits per heavy atom. The fourth-order valence-corrected chi connectivity index (χ4v) is 4.09. The Hall–Kier alpha value is -4.20. The SMILES string of the molecule is CCC(=O)N(C=O)c1cccc(Cc2nc(C)c(Cc3ccc(N(C(C)=O)C(=O)CC)cc3)nc2C)c1. The molecule has 0 aliphatic carbocycles. The van der Waals surface area contributed by atoms with E-state index in [4.69, 9.17) is 9.97 Å². The molecule has 0 atom stereocenters. The van der Waals surface area contributed by atoms with Crippen LogP contribution in [0.1, 0.15) is 67.5 Å². The van der Waals surface area contributed by atoms with Crippen molar-refractivity contribution in [3.05, 3.63) is 82.4 Å². The number of carbonyl (C=O) groups is 4. The second kappa shape index (κ2) is 12.2. The Morgan fingerprint density at radius 3 is 1.86 bits per heavy atom. The van der Waals surface area contributed by atoms with Crippen LogP contribution in [-0.4, -0.2) is 34.1 Å². The minimum Gasteiger partial charge on any atom is -0.278 e. The van der Waals surface area contributed by atoms with Gasteiger partial charge in [0, 0.05) is 32.6 Å². The first-order valence-corrected chi connectivity index (χ1v) is 12.3. The van der Waals surface area contributed by atoms with Crippen LogP contribution in [0.3, 0.4) is 0 Å². The second-order valence-electron chi connectivity index (χ2n) is 8.80. The Morgan fingerprint density at radius 2 is 1.35 bits per heavy atom. The summed E-state index contributed by atoms with van der Waals surface area (Å²) in [6, 6.07) is 14.6. The number of hydrogen-bond acceptors (Lipinski definition) is 6. The predicted octanol–water partition coefficient (Wildman–Crippen LogP) is 4.46. The normalized spacial score (nSPS) is 10.6. The van der Waals surface area contributed by atoms with Crippen molar-refractivity contribution in [2.75, 3.05) is 9.80 Å². The molecule has 0 saturated carbocycles. The molecule has 1 heterocycles. The summed E-state index contributed by atoms with van der Waals surface area (Å²) in [6.07, 6.45) is 2.11. The minimum absolute atomic E-state index is 0.239. The number of hydrogen-bond donors (Lipinski definition) is 0. The molecule has 0 fully saturated rings. The van der Waals surface area contributed by atoms with Crippen molar-refractivity contribution < 1.29 is 19.2 Å². The lowest BCUT2D eigenvalue weighted by molar-refractivity contribution is -0.125. The zero-order valence-corrected chi connectivity index (χ0v) is 21.9. The molecule has 0 N–H and O–H groups in total. The maximum atomic E-state index is 12.1. The highest BCUT2D eigenvalue weighted by Crippen LogP contribution is 2.22.